The van der Waals surface area contributed by atoms with Gasteiger partial charge in [-0.25, -0.2) is 8.42 Å². The minimum atomic E-state index is -3.72. The van der Waals surface area contributed by atoms with Gasteiger partial charge in [0.25, 0.3) is 10.0 Å². The molecule has 1 fully saturated rings. The number of nitrogens with zero attached hydrogens (tertiary/aromatic N) is 2. The molecule has 3 aromatic rings. The number of anilines is 1. The maximum absolute atomic E-state index is 13.1. The minimum absolute atomic E-state index is 0.0294. The van der Waals surface area contributed by atoms with Gasteiger partial charge in [-0.2, -0.15) is 0 Å². The Hall–Kier alpha value is -3.36. The number of carboxylic acid groups (broad SMARTS) is 1. The third-order valence-electron chi connectivity index (χ3n) is 6.51. The van der Waals surface area contributed by atoms with E-state index in [1.165, 1.54) is 11.4 Å². The second kappa shape index (κ2) is 9.48. The lowest BCUT2D eigenvalue weighted by molar-refractivity contribution is -0.152. The van der Waals surface area contributed by atoms with Crippen molar-refractivity contribution in [2.75, 3.05) is 25.0 Å². The summed E-state index contributed by atoms with van der Waals surface area (Å²) in [4.78, 5) is 13.5. The van der Waals surface area contributed by atoms with Crippen LogP contribution >= 0.6 is 0 Å². The maximum Gasteiger partial charge on any atom is 0.309 e. The van der Waals surface area contributed by atoms with Crippen molar-refractivity contribution in [3.05, 3.63) is 78.4 Å². The first kappa shape index (κ1) is 23.8. The van der Waals surface area contributed by atoms with Crippen LogP contribution in [0.4, 0.5) is 5.69 Å². The fraction of sp³-hybridized carbons (Fsp3) is 0.269. The highest BCUT2D eigenvalue weighted by Crippen LogP contribution is 2.29. The van der Waals surface area contributed by atoms with E-state index in [0.717, 1.165) is 16.7 Å². The van der Waals surface area contributed by atoms with Crippen LogP contribution in [0, 0.1) is 5.92 Å². The smallest absolute Gasteiger partial charge is 0.309 e. The van der Waals surface area contributed by atoms with E-state index in [9.17, 15) is 13.2 Å². The predicted molar refractivity (Wildman–Crippen MR) is 131 cm³/mol. The summed E-state index contributed by atoms with van der Waals surface area (Å²) in [6.45, 7) is 3.22. The van der Waals surface area contributed by atoms with E-state index in [0.29, 0.717) is 24.5 Å². The number of methoxy groups -OCH3 is 1. The number of aliphatic carboxylic acids is 1. The SMILES string of the molecule is COc1cccc(N(C)S(=O)(=O)c2ccc(-c3ccc(CN4CC(C(=O)O)C4C)cc3)cc2)c1. The lowest BCUT2D eigenvalue weighted by Crippen LogP contribution is -2.56. The normalized spacial score (nSPS) is 18.2. The van der Waals surface area contributed by atoms with Gasteiger partial charge in [0.15, 0.2) is 0 Å². The molecule has 3 aromatic carbocycles. The summed E-state index contributed by atoms with van der Waals surface area (Å²) < 4.78 is 32.6. The summed E-state index contributed by atoms with van der Waals surface area (Å²) in [6, 6.07) is 21.8. The number of hydrogen-bond acceptors (Lipinski definition) is 5. The van der Waals surface area contributed by atoms with Gasteiger partial charge >= 0.3 is 5.97 Å². The highest BCUT2D eigenvalue weighted by Gasteiger charge is 2.40. The highest BCUT2D eigenvalue weighted by atomic mass is 32.2. The quantitative estimate of drug-likeness (QED) is 0.523. The van der Waals surface area contributed by atoms with Crippen LogP contribution in [-0.4, -0.2) is 51.1 Å². The molecular weight excluding hydrogens is 452 g/mol. The molecule has 34 heavy (non-hydrogen) atoms. The number of likely N-dealkylation sites (tertiary alicyclic amines) is 1. The van der Waals surface area contributed by atoms with E-state index >= 15 is 0 Å². The maximum atomic E-state index is 13.1. The van der Waals surface area contributed by atoms with Crippen molar-refractivity contribution in [2.24, 2.45) is 5.92 Å². The first-order chi connectivity index (χ1) is 16.2. The number of carbonyl (C=O) groups is 1. The molecule has 0 spiro atoms. The van der Waals surface area contributed by atoms with Crippen molar-refractivity contribution in [3.63, 3.8) is 0 Å². The van der Waals surface area contributed by atoms with Gasteiger partial charge in [-0.05, 0) is 47.9 Å². The number of sulfonamides is 1. The van der Waals surface area contributed by atoms with Crippen molar-refractivity contribution < 1.29 is 23.1 Å². The molecule has 1 N–H and O–H groups in total. The molecule has 0 aromatic heterocycles. The van der Waals surface area contributed by atoms with E-state index in [-0.39, 0.29) is 16.9 Å². The van der Waals surface area contributed by atoms with Crippen molar-refractivity contribution in [1.29, 1.82) is 0 Å². The minimum Gasteiger partial charge on any atom is -0.497 e. The fourth-order valence-corrected chi connectivity index (χ4v) is 5.33. The predicted octanol–water partition coefficient (Wildman–Crippen LogP) is 4.09. The number of rotatable bonds is 8. The Morgan fingerprint density at radius 1 is 1.06 bits per heavy atom. The van der Waals surface area contributed by atoms with Gasteiger partial charge in [-0.15, -0.1) is 0 Å². The van der Waals surface area contributed by atoms with E-state index < -0.39 is 16.0 Å². The highest BCUT2D eigenvalue weighted by molar-refractivity contribution is 7.92. The summed E-state index contributed by atoms with van der Waals surface area (Å²) in [5.41, 5.74) is 3.52. The molecule has 0 radical (unpaired) electrons. The molecule has 4 rings (SSSR count). The standard InChI is InChI=1S/C26H28N2O5S/c1-18-25(26(29)30)17-28(18)16-19-7-9-20(10-8-19)21-11-13-24(14-12-21)34(31,32)27(2)22-5-4-6-23(15-22)33-3/h4-15,18,25H,16-17H2,1-3H3,(H,29,30). The third kappa shape index (κ3) is 4.64. The van der Waals surface area contributed by atoms with Crippen LogP contribution in [0.5, 0.6) is 5.75 Å². The fourth-order valence-electron chi connectivity index (χ4n) is 4.14. The van der Waals surface area contributed by atoms with Gasteiger partial charge in [0.05, 0.1) is 23.6 Å². The Morgan fingerprint density at radius 2 is 1.68 bits per heavy atom. The first-order valence-electron chi connectivity index (χ1n) is 11.0. The van der Waals surface area contributed by atoms with Gasteiger partial charge < -0.3 is 9.84 Å². The molecule has 2 unspecified atom stereocenters. The van der Waals surface area contributed by atoms with Gasteiger partial charge in [-0.1, -0.05) is 42.5 Å². The van der Waals surface area contributed by atoms with Crippen LogP contribution in [0.2, 0.25) is 0 Å². The third-order valence-corrected chi connectivity index (χ3v) is 8.31. The molecule has 0 amide bonds. The monoisotopic (exact) mass is 480 g/mol. The number of carboxylic acids is 1. The van der Waals surface area contributed by atoms with Crippen molar-refractivity contribution >= 4 is 21.7 Å². The van der Waals surface area contributed by atoms with E-state index in [1.54, 1.807) is 55.6 Å². The summed E-state index contributed by atoms with van der Waals surface area (Å²) in [5.74, 6) is -0.445. The topological polar surface area (TPSA) is 87.2 Å². The van der Waals surface area contributed by atoms with Crippen molar-refractivity contribution in [1.82, 2.24) is 4.90 Å². The zero-order valence-corrected chi connectivity index (χ0v) is 20.2. The average Bonchev–Trinajstić information content (AvgIpc) is 2.85. The van der Waals surface area contributed by atoms with Gasteiger partial charge in [0.1, 0.15) is 5.75 Å². The molecule has 0 saturated carbocycles. The van der Waals surface area contributed by atoms with E-state index in [4.69, 9.17) is 9.84 Å². The molecule has 178 valence electrons. The van der Waals surface area contributed by atoms with Gasteiger partial charge in [0.2, 0.25) is 0 Å². The Balaban J connectivity index is 1.45. The molecule has 0 bridgehead atoms. The van der Waals surface area contributed by atoms with Crippen LogP contribution in [0.25, 0.3) is 11.1 Å². The molecule has 1 heterocycles. The van der Waals surface area contributed by atoms with Crippen LogP contribution in [0.3, 0.4) is 0 Å². The first-order valence-corrected chi connectivity index (χ1v) is 12.4. The molecule has 2 atom stereocenters. The van der Waals surface area contributed by atoms with E-state index in [2.05, 4.69) is 4.90 Å². The molecule has 0 aliphatic carbocycles. The molecule has 1 saturated heterocycles. The second-order valence-corrected chi connectivity index (χ2v) is 10.5. The van der Waals surface area contributed by atoms with Crippen molar-refractivity contribution in [3.8, 4) is 16.9 Å². The Kier molecular flexibility index (Phi) is 6.63. The summed E-state index contributed by atoms with van der Waals surface area (Å²) in [6.07, 6.45) is 0. The second-order valence-electron chi connectivity index (χ2n) is 8.51. The van der Waals surface area contributed by atoms with Crippen LogP contribution in [-0.2, 0) is 21.4 Å². The van der Waals surface area contributed by atoms with Crippen molar-refractivity contribution in [2.45, 2.75) is 24.4 Å². The number of benzene rings is 3. The lowest BCUT2D eigenvalue weighted by Gasteiger charge is -2.44. The number of ether oxygens (including phenoxy) is 1. The summed E-state index contributed by atoms with van der Waals surface area (Å²) in [7, 11) is -0.655. The zero-order valence-electron chi connectivity index (χ0n) is 19.4. The largest absolute Gasteiger partial charge is 0.497 e. The van der Waals surface area contributed by atoms with Crippen LogP contribution in [0.15, 0.2) is 77.7 Å². The lowest BCUT2D eigenvalue weighted by atomic mass is 9.89. The number of hydrogen-bond donors (Lipinski definition) is 1. The zero-order chi connectivity index (χ0) is 24.5. The van der Waals surface area contributed by atoms with Crippen LogP contribution in [0.1, 0.15) is 12.5 Å². The Labute approximate surface area is 200 Å². The molecule has 8 heteroatoms. The molecule has 1 aliphatic rings. The molecule has 1 aliphatic heterocycles. The average molecular weight is 481 g/mol. The molecular formula is C26H28N2O5S. The van der Waals surface area contributed by atoms with Gasteiger partial charge in [0, 0.05) is 32.2 Å². The van der Waals surface area contributed by atoms with E-state index in [1.807, 2.05) is 31.2 Å². The Bertz CT molecular complexity index is 1270. The summed E-state index contributed by atoms with van der Waals surface area (Å²) in [5, 5.41) is 9.16. The van der Waals surface area contributed by atoms with Gasteiger partial charge in [-0.3, -0.25) is 14.0 Å². The molecule has 7 nitrogen and oxygen atoms in total. The Morgan fingerprint density at radius 3 is 2.24 bits per heavy atom. The van der Waals surface area contributed by atoms with Crippen LogP contribution < -0.4 is 9.04 Å². The summed E-state index contributed by atoms with van der Waals surface area (Å²) >= 11 is 0.